The fourth-order valence-corrected chi connectivity index (χ4v) is 2.25. The normalized spacial score (nSPS) is 12.3. The van der Waals surface area contributed by atoms with Gasteiger partial charge in [-0.25, -0.2) is 14.6 Å². The maximum atomic E-state index is 12.2. The summed E-state index contributed by atoms with van der Waals surface area (Å²) in [4.78, 5) is 39.8. The lowest BCUT2D eigenvalue weighted by molar-refractivity contribution is -0.127. The van der Waals surface area contributed by atoms with Gasteiger partial charge in [-0.2, -0.15) is 0 Å². The molecule has 0 radical (unpaired) electrons. The Balaban J connectivity index is 2.74. The SMILES string of the molecule is Cc1cc(C)c(C(=O)O[C@@H](C)C(=O)NC(=O)NC(C)(C)C)c(Cl)n1. The van der Waals surface area contributed by atoms with Crippen LogP contribution in [0.15, 0.2) is 6.07 Å². The van der Waals surface area contributed by atoms with Gasteiger partial charge in [-0.15, -0.1) is 0 Å². The van der Waals surface area contributed by atoms with Crippen LogP contribution >= 0.6 is 11.6 Å². The quantitative estimate of drug-likeness (QED) is 0.641. The van der Waals surface area contributed by atoms with E-state index in [-0.39, 0.29) is 10.7 Å². The molecule has 0 fully saturated rings. The Bertz CT molecular complexity index is 645. The van der Waals surface area contributed by atoms with Gasteiger partial charge in [0.1, 0.15) is 5.15 Å². The standard InChI is InChI=1S/C16H22ClN3O4/c1-8-7-9(2)18-12(17)11(8)14(22)24-10(3)13(21)19-15(23)20-16(4,5)6/h7,10H,1-6H3,(H2,19,20,21,23)/t10-/m0/s1. The number of rotatable bonds is 3. The number of halogens is 1. The van der Waals surface area contributed by atoms with E-state index in [1.807, 2.05) is 0 Å². The van der Waals surface area contributed by atoms with Crippen LogP contribution in [-0.4, -0.2) is 34.5 Å². The Labute approximate surface area is 146 Å². The van der Waals surface area contributed by atoms with Crippen molar-refractivity contribution in [3.63, 3.8) is 0 Å². The topological polar surface area (TPSA) is 97.4 Å². The first kappa shape index (κ1) is 19.9. The number of nitrogens with one attached hydrogen (secondary N) is 2. The highest BCUT2D eigenvalue weighted by Gasteiger charge is 2.25. The average molecular weight is 356 g/mol. The first-order chi connectivity index (χ1) is 10.9. The second-order valence-corrected chi connectivity index (χ2v) is 6.85. The van der Waals surface area contributed by atoms with Crippen LogP contribution in [-0.2, 0) is 9.53 Å². The molecule has 132 valence electrons. The number of hydrogen-bond donors (Lipinski definition) is 2. The monoisotopic (exact) mass is 355 g/mol. The van der Waals surface area contributed by atoms with Crippen molar-refractivity contribution < 1.29 is 19.1 Å². The van der Waals surface area contributed by atoms with Crippen molar-refractivity contribution in [2.45, 2.75) is 53.2 Å². The van der Waals surface area contributed by atoms with Crippen molar-refractivity contribution >= 4 is 29.5 Å². The first-order valence-electron chi connectivity index (χ1n) is 7.38. The third-order valence-corrected chi connectivity index (χ3v) is 3.16. The van der Waals surface area contributed by atoms with E-state index in [4.69, 9.17) is 16.3 Å². The van der Waals surface area contributed by atoms with Crippen LogP contribution in [0.25, 0.3) is 0 Å². The maximum Gasteiger partial charge on any atom is 0.342 e. The third-order valence-electron chi connectivity index (χ3n) is 2.88. The molecule has 0 aliphatic heterocycles. The van der Waals surface area contributed by atoms with Gasteiger partial charge in [-0.05, 0) is 53.2 Å². The first-order valence-corrected chi connectivity index (χ1v) is 7.76. The number of ether oxygens (including phenoxy) is 1. The highest BCUT2D eigenvalue weighted by atomic mass is 35.5. The molecule has 0 aliphatic carbocycles. The van der Waals surface area contributed by atoms with Crippen LogP contribution in [0.1, 0.15) is 49.3 Å². The van der Waals surface area contributed by atoms with Gasteiger partial charge in [0.2, 0.25) is 0 Å². The smallest absolute Gasteiger partial charge is 0.342 e. The zero-order valence-corrected chi connectivity index (χ0v) is 15.4. The molecular formula is C16H22ClN3O4. The lowest BCUT2D eigenvalue weighted by Gasteiger charge is -2.21. The molecule has 1 aromatic heterocycles. The number of pyridine rings is 1. The summed E-state index contributed by atoms with van der Waals surface area (Å²) >= 11 is 5.97. The van der Waals surface area contributed by atoms with E-state index in [0.717, 1.165) is 0 Å². The highest BCUT2D eigenvalue weighted by Crippen LogP contribution is 2.20. The molecule has 1 atom stereocenters. The molecule has 0 saturated carbocycles. The Morgan fingerprint density at radius 3 is 2.33 bits per heavy atom. The van der Waals surface area contributed by atoms with Gasteiger partial charge in [0.15, 0.2) is 6.10 Å². The summed E-state index contributed by atoms with van der Waals surface area (Å²) in [7, 11) is 0. The lowest BCUT2D eigenvalue weighted by Crippen LogP contribution is -2.50. The number of amides is 3. The van der Waals surface area contributed by atoms with Crippen molar-refractivity contribution in [3.05, 3.63) is 28.0 Å². The summed E-state index contributed by atoms with van der Waals surface area (Å²) in [5, 5.41) is 4.70. The van der Waals surface area contributed by atoms with Gasteiger partial charge in [-0.3, -0.25) is 10.1 Å². The summed E-state index contributed by atoms with van der Waals surface area (Å²) in [6.07, 6.45) is -1.17. The molecule has 1 aromatic rings. The van der Waals surface area contributed by atoms with Gasteiger partial charge >= 0.3 is 12.0 Å². The molecule has 0 unspecified atom stereocenters. The molecule has 0 saturated heterocycles. The molecule has 0 aromatic carbocycles. The van der Waals surface area contributed by atoms with E-state index in [1.165, 1.54) is 6.92 Å². The molecule has 0 bridgehead atoms. The molecule has 1 rings (SSSR count). The minimum atomic E-state index is -1.17. The number of esters is 1. The highest BCUT2D eigenvalue weighted by molar-refractivity contribution is 6.32. The van der Waals surface area contributed by atoms with Crippen LogP contribution in [0.3, 0.4) is 0 Å². The van der Waals surface area contributed by atoms with E-state index < -0.39 is 29.6 Å². The number of nitrogens with zero attached hydrogens (tertiary/aromatic N) is 1. The van der Waals surface area contributed by atoms with E-state index in [0.29, 0.717) is 11.3 Å². The van der Waals surface area contributed by atoms with Crippen LogP contribution < -0.4 is 10.6 Å². The van der Waals surface area contributed by atoms with E-state index in [9.17, 15) is 14.4 Å². The molecular weight excluding hydrogens is 334 g/mol. The van der Waals surface area contributed by atoms with Gasteiger partial charge in [0.25, 0.3) is 5.91 Å². The number of aryl methyl sites for hydroxylation is 2. The van der Waals surface area contributed by atoms with E-state index in [1.54, 1.807) is 40.7 Å². The summed E-state index contributed by atoms with van der Waals surface area (Å²) in [5.74, 6) is -1.51. The fourth-order valence-electron chi connectivity index (χ4n) is 1.89. The lowest BCUT2D eigenvalue weighted by atomic mass is 10.1. The second kappa shape index (κ2) is 7.61. The molecule has 0 aliphatic rings. The molecule has 8 heteroatoms. The zero-order chi connectivity index (χ0) is 18.7. The summed E-state index contributed by atoms with van der Waals surface area (Å²) in [6.45, 7) is 10.1. The number of urea groups is 1. The van der Waals surface area contributed by atoms with Gasteiger partial charge in [-0.1, -0.05) is 11.6 Å². The van der Waals surface area contributed by atoms with Crippen molar-refractivity contribution in [3.8, 4) is 0 Å². The Hall–Kier alpha value is -2.15. The number of carbonyl (C=O) groups is 3. The number of aromatic nitrogens is 1. The molecule has 7 nitrogen and oxygen atoms in total. The van der Waals surface area contributed by atoms with Crippen molar-refractivity contribution in [2.75, 3.05) is 0 Å². The van der Waals surface area contributed by atoms with Gasteiger partial charge in [0.05, 0.1) is 5.56 Å². The second-order valence-electron chi connectivity index (χ2n) is 6.49. The van der Waals surface area contributed by atoms with Crippen LogP contribution in [0.5, 0.6) is 0 Å². The number of carbonyl (C=O) groups excluding carboxylic acids is 3. The van der Waals surface area contributed by atoms with Crippen LogP contribution in [0.4, 0.5) is 4.79 Å². The Morgan fingerprint density at radius 1 is 1.25 bits per heavy atom. The number of hydrogen-bond acceptors (Lipinski definition) is 5. The number of imide groups is 1. The van der Waals surface area contributed by atoms with Gasteiger partial charge in [0, 0.05) is 11.2 Å². The van der Waals surface area contributed by atoms with E-state index in [2.05, 4.69) is 15.6 Å². The molecule has 2 N–H and O–H groups in total. The Kier molecular flexibility index (Phi) is 6.31. The largest absolute Gasteiger partial charge is 0.449 e. The minimum Gasteiger partial charge on any atom is -0.449 e. The molecule has 1 heterocycles. The molecule has 0 spiro atoms. The van der Waals surface area contributed by atoms with Crippen molar-refractivity contribution in [1.82, 2.24) is 15.6 Å². The predicted octanol–water partition coefficient (Wildman–Crippen LogP) is 2.52. The van der Waals surface area contributed by atoms with Crippen molar-refractivity contribution in [1.29, 1.82) is 0 Å². The average Bonchev–Trinajstić information content (AvgIpc) is 2.34. The summed E-state index contributed by atoms with van der Waals surface area (Å²) in [5.41, 5.74) is 0.859. The molecule has 3 amide bonds. The maximum absolute atomic E-state index is 12.2. The van der Waals surface area contributed by atoms with Crippen molar-refractivity contribution in [2.24, 2.45) is 0 Å². The van der Waals surface area contributed by atoms with E-state index >= 15 is 0 Å². The molecule has 24 heavy (non-hydrogen) atoms. The minimum absolute atomic E-state index is 0.00980. The third kappa shape index (κ3) is 5.81. The predicted molar refractivity (Wildman–Crippen MR) is 90.0 cm³/mol. The zero-order valence-electron chi connectivity index (χ0n) is 14.6. The van der Waals surface area contributed by atoms with Crippen LogP contribution in [0, 0.1) is 13.8 Å². The van der Waals surface area contributed by atoms with Crippen LogP contribution in [0.2, 0.25) is 5.15 Å². The fraction of sp³-hybridized carbons (Fsp3) is 0.500. The summed E-state index contributed by atoms with van der Waals surface area (Å²) in [6, 6.07) is 1.02. The van der Waals surface area contributed by atoms with Gasteiger partial charge < -0.3 is 10.1 Å². The summed E-state index contributed by atoms with van der Waals surface area (Å²) < 4.78 is 5.08. The Morgan fingerprint density at radius 2 is 1.83 bits per heavy atom.